The molecule has 0 aromatic heterocycles. The normalized spacial score (nSPS) is 18.5. The summed E-state index contributed by atoms with van der Waals surface area (Å²) in [5.74, 6) is 0.104. The van der Waals surface area contributed by atoms with Gasteiger partial charge >= 0.3 is 0 Å². The molecule has 28 heavy (non-hydrogen) atoms. The number of carbonyl (C=O) groups excluding carboxylic acids is 2. The summed E-state index contributed by atoms with van der Waals surface area (Å²) < 4.78 is 0. The van der Waals surface area contributed by atoms with E-state index in [1.807, 2.05) is 54.3 Å². The lowest BCUT2D eigenvalue weighted by Gasteiger charge is -2.40. The van der Waals surface area contributed by atoms with E-state index in [1.165, 1.54) is 0 Å². The maximum atomic E-state index is 13.2. The number of unbranched alkanes of at least 4 members (excludes halogenated alkanes) is 2. The molecule has 148 valence electrons. The fourth-order valence-corrected chi connectivity index (χ4v) is 3.95. The van der Waals surface area contributed by atoms with Gasteiger partial charge in [-0.1, -0.05) is 55.7 Å². The van der Waals surface area contributed by atoms with Crippen molar-refractivity contribution >= 4 is 17.5 Å². The highest BCUT2D eigenvalue weighted by Gasteiger charge is 2.34. The predicted molar refractivity (Wildman–Crippen MR) is 114 cm³/mol. The summed E-state index contributed by atoms with van der Waals surface area (Å²) in [6.45, 7) is 6.24. The number of aryl methyl sites for hydroxylation is 1. The van der Waals surface area contributed by atoms with Gasteiger partial charge in [-0.3, -0.25) is 9.59 Å². The summed E-state index contributed by atoms with van der Waals surface area (Å²) in [6.07, 6.45) is 4.38. The van der Waals surface area contributed by atoms with Gasteiger partial charge < -0.3 is 10.2 Å². The molecule has 0 fully saturated rings. The van der Waals surface area contributed by atoms with E-state index in [0.717, 1.165) is 36.1 Å². The molecule has 2 atom stereocenters. The Morgan fingerprint density at radius 2 is 1.86 bits per heavy atom. The Morgan fingerprint density at radius 3 is 2.57 bits per heavy atom. The smallest absolute Gasteiger partial charge is 0.258 e. The molecular weight excluding hydrogens is 348 g/mol. The van der Waals surface area contributed by atoms with Gasteiger partial charge in [0.1, 0.15) is 0 Å². The molecule has 4 heteroatoms. The van der Waals surface area contributed by atoms with Crippen LogP contribution in [0.25, 0.3) is 0 Å². The van der Waals surface area contributed by atoms with Gasteiger partial charge in [-0.25, -0.2) is 0 Å². The molecule has 3 rings (SSSR count). The SMILES string of the molecule is CCCCCC(=O)N[C@H]1C[C@H](C)N(C(=O)c2ccccc2)c2ccc(C)cc21. The van der Waals surface area contributed by atoms with Crippen LogP contribution < -0.4 is 10.2 Å². The zero-order chi connectivity index (χ0) is 20.1. The van der Waals surface area contributed by atoms with Crippen molar-refractivity contribution in [2.45, 2.75) is 65.0 Å². The Balaban J connectivity index is 1.87. The Bertz CT molecular complexity index is 832. The van der Waals surface area contributed by atoms with Crippen molar-refractivity contribution in [3.05, 3.63) is 65.2 Å². The minimum absolute atomic E-state index is 0.00357. The molecule has 2 amide bonds. The Kier molecular flexibility index (Phi) is 6.50. The Morgan fingerprint density at radius 1 is 1.11 bits per heavy atom. The summed E-state index contributed by atoms with van der Waals surface area (Å²) in [5, 5.41) is 3.21. The highest BCUT2D eigenvalue weighted by molar-refractivity contribution is 6.07. The van der Waals surface area contributed by atoms with Crippen molar-refractivity contribution in [1.29, 1.82) is 0 Å². The monoisotopic (exact) mass is 378 g/mol. The second-order valence-corrected chi connectivity index (χ2v) is 7.77. The molecule has 4 nitrogen and oxygen atoms in total. The quantitative estimate of drug-likeness (QED) is 0.705. The minimum atomic E-state index is -0.0566. The van der Waals surface area contributed by atoms with E-state index in [-0.39, 0.29) is 23.9 Å². The molecule has 0 saturated carbocycles. The van der Waals surface area contributed by atoms with E-state index in [1.54, 1.807) is 0 Å². The molecule has 0 saturated heterocycles. The molecule has 2 aromatic rings. The average Bonchev–Trinajstić information content (AvgIpc) is 2.69. The van der Waals surface area contributed by atoms with Gasteiger partial charge in [-0.05, 0) is 50.5 Å². The van der Waals surface area contributed by atoms with Crippen LogP contribution in [0.3, 0.4) is 0 Å². The molecular formula is C24H30N2O2. The van der Waals surface area contributed by atoms with Gasteiger partial charge in [-0.15, -0.1) is 0 Å². The largest absolute Gasteiger partial charge is 0.349 e. The van der Waals surface area contributed by atoms with Gasteiger partial charge in [-0.2, -0.15) is 0 Å². The summed E-state index contributed by atoms with van der Waals surface area (Å²) in [6, 6.07) is 15.5. The van der Waals surface area contributed by atoms with Crippen LogP contribution >= 0.6 is 0 Å². The van der Waals surface area contributed by atoms with Gasteiger partial charge in [0.15, 0.2) is 0 Å². The van der Waals surface area contributed by atoms with Crippen molar-refractivity contribution < 1.29 is 9.59 Å². The average molecular weight is 379 g/mol. The summed E-state index contributed by atoms with van der Waals surface area (Å²) in [5.41, 5.74) is 3.75. The fraction of sp³-hybridized carbons (Fsp3) is 0.417. The van der Waals surface area contributed by atoms with Crippen LogP contribution in [0.15, 0.2) is 48.5 Å². The third-order valence-electron chi connectivity index (χ3n) is 5.42. The number of fused-ring (bicyclic) bond motifs is 1. The van der Waals surface area contributed by atoms with E-state index in [2.05, 4.69) is 25.2 Å². The number of anilines is 1. The Labute approximate surface area is 167 Å². The lowest BCUT2D eigenvalue weighted by molar-refractivity contribution is -0.122. The number of amides is 2. The van der Waals surface area contributed by atoms with Crippen LogP contribution in [0.1, 0.15) is 73.5 Å². The molecule has 0 unspecified atom stereocenters. The van der Waals surface area contributed by atoms with E-state index in [4.69, 9.17) is 0 Å². The first kappa shape index (κ1) is 20.1. The lowest BCUT2D eigenvalue weighted by Crippen LogP contribution is -2.46. The summed E-state index contributed by atoms with van der Waals surface area (Å²) in [7, 11) is 0. The molecule has 2 aromatic carbocycles. The Hall–Kier alpha value is -2.62. The zero-order valence-electron chi connectivity index (χ0n) is 17.1. The third-order valence-corrected chi connectivity index (χ3v) is 5.42. The van der Waals surface area contributed by atoms with Crippen molar-refractivity contribution in [2.75, 3.05) is 4.90 Å². The van der Waals surface area contributed by atoms with Crippen molar-refractivity contribution in [2.24, 2.45) is 0 Å². The summed E-state index contributed by atoms with van der Waals surface area (Å²) in [4.78, 5) is 27.5. The van der Waals surface area contributed by atoms with Crippen LogP contribution in [0.5, 0.6) is 0 Å². The molecule has 1 N–H and O–H groups in total. The highest BCUT2D eigenvalue weighted by Crippen LogP contribution is 2.38. The molecule has 0 bridgehead atoms. The van der Waals surface area contributed by atoms with Crippen LogP contribution in [0, 0.1) is 6.92 Å². The van der Waals surface area contributed by atoms with Crippen molar-refractivity contribution in [3.63, 3.8) is 0 Å². The predicted octanol–water partition coefficient (Wildman–Crippen LogP) is 5.17. The number of carbonyl (C=O) groups is 2. The summed E-state index contributed by atoms with van der Waals surface area (Å²) >= 11 is 0. The standard InChI is InChI=1S/C24H30N2O2/c1-4-5-7-12-23(27)25-21-16-18(3)26(22-14-13-17(2)15-20(21)22)24(28)19-10-8-6-9-11-19/h6,8-11,13-15,18,21H,4-5,7,12,16H2,1-3H3,(H,25,27)/t18-,21-/m0/s1. The maximum Gasteiger partial charge on any atom is 0.258 e. The van der Waals surface area contributed by atoms with Crippen LogP contribution in [-0.4, -0.2) is 17.9 Å². The van der Waals surface area contributed by atoms with Gasteiger partial charge in [0.2, 0.25) is 5.91 Å². The van der Waals surface area contributed by atoms with Crippen LogP contribution in [-0.2, 0) is 4.79 Å². The highest BCUT2D eigenvalue weighted by atomic mass is 16.2. The molecule has 0 aliphatic carbocycles. The van der Waals surface area contributed by atoms with Crippen molar-refractivity contribution in [1.82, 2.24) is 5.32 Å². The maximum absolute atomic E-state index is 13.2. The van der Waals surface area contributed by atoms with Crippen LogP contribution in [0.2, 0.25) is 0 Å². The topological polar surface area (TPSA) is 49.4 Å². The molecule has 1 aliphatic heterocycles. The fourth-order valence-electron chi connectivity index (χ4n) is 3.95. The van der Waals surface area contributed by atoms with Crippen molar-refractivity contribution in [3.8, 4) is 0 Å². The van der Waals surface area contributed by atoms with Gasteiger partial charge in [0, 0.05) is 23.7 Å². The molecule has 0 spiro atoms. The minimum Gasteiger partial charge on any atom is -0.349 e. The zero-order valence-corrected chi connectivity index (χ0v) is 17.1. The second-order valence-electron chi connectivity index (χ2n) is 7.77. The first-order chi connectivity index (χ1) is 13.5. The third kappa shape index (κ3) is 4.44. The number of nitrogens with zero attached hydrogens (tertiary/aromatic N) is 1. The number of benzene rings is 2. The van der Waals surface area contributed by atoms with E-state index in [0.29, 0.717) is 18.4 Å². The number of hydrogen-bond acceptors (Lipinski definition) is 2. The number of nitrogens with one attached hydrogen (secondary N) is 1. The first-order valence-corrected chi connectivity index (χ1v) is 10.3. The van der Waals surface area contributed by atoms with E-state index >= 15 is 0 Å². The van der Waals surface area contributed by atoms with E-state index < -0.39 is 0 Å². The van der Waals surface area contributed by atoms with Crippen LogP contribution in [0.4, 0.5) is 5.69 Å². The number of rotatable bonds is 6. The molecule has 0 radical (unpaired) electrons. The first-order valence-electron chi connectivity index (χ1n) is 10.3. The molecule has 1 aliphatic rings. The second kappa shape index (κ2) is 9.05. The lowest BCUT2D eigenvalue weighted by atomic mass is 9.89. The molecule has 1 heterocycles. The number of hydrogen-bond donors (Lipinski definition) is 1. The van der Waals surface area contributed by atoms with Gasteiger partial charge in [0.05, 0.1) is 6.04 Å². The van der Waals surface area contributed by atoms with E-state index in [9.17, 15) is 9.59 Å². The van der Waals surface area contributed by atoms with Gasteiger partial charge in [0.25, 0.3) is 5.91 Å².